The fourth-order valence-electron chi connectivity index (χ4n) is 2.10. The van der Waals surface area contributed by atoms with E-state index in [4.69, 9.17) is 5.11 Å². The molecule has 1 rings (SSSR count). The Bertz CT molecular complexity index is 182. The van der Waals surface area contributed by atoms with Crippen molar-refractivity contribution >= 4 is 5.91 Å². The number of hydrogen-bond donors (Lipinski definition) is 2. The lowest BCUT2D eigenvalue weighted by Gasteiger charge is -2.18. The molecule has 0 aromatic heterocycles. The van der Waals surface area contributed by atoms with E-state index in [1.54, 1.807) is 0 Å². The molecule has 1 fully saturated rings. The van der Waals surface area contributed by atoms with Gasteiger partial charge in [0.2, 0.25) is 5.91 Å². The third kappa shape index (κ3) is 5.17. The highest BCUT2D eigenvalue weighted by molar-refractivity contribution is 5.80. The van der Waals surface area contributed by atoms with E-state index in [-0.39, 0.29) is 11.9 Å². The Balaban J connectivity index is 2.33. The number of nitrogens with one attached hydrogen (secondary N) is 1. The molecule has 0 aromatic rings. The van der Waals surface area contributed by atoms with Crippen LogP contribution in [0.4, 0.5) is 0 Å². The van der Waals surface area contributed by atoms with Crippen molar-refractivity contribution < 1.29 is 9.90 Å². The monoisotopic (exact) mass is 213 g/mol. The first kappa shape index (κ1) is 12.5. The molecule has 0 aliphatic heterocycles. The van der Waals surface area contributed by atoms with E-state index < -0.39 is 6.10 Å². The van der Waals surface area contributed by atoms with Crippen molar-refractivity contribution in [3.63, 3.8) is 0 Å². The lowest BCUT2D eigenvalue weighted by atomic mass is 10.0. The predicted molar refractivity (Wildman–Crippen MR) is 60.5 cm³/mol. The van der Waals surface area contributed by atoms with Crippen LogP contribution < -0.4 is 5.32 Å². The van der Waals surface area contributed by atoms with Crippen molar-refractivity contribution in [2.45, 2.75) is 70.4 Å². The van der Waals surface area contributed by atoms with Crippen LogP contribution in [0, 0.1) is 0 Å². The minimum absolute atomic E-state index is 0.223. The van der Waals surface area contributed by atoms with Crippen LogP contribution in [-0.2, 0) is 4.79 Å². The predicted octanol–water partition coefficient (Wildman–Crippen LogP) is 1.99. The zero-order chi connectivity index (χ0) is 11.1. The third-order valence-electron chi connectivity index (χ3n) is 3.08. The number of rotatable bonds is 2. The van der Waals surface area contributed by atoms with Gasteiger partial charge < -0.3 is 10.4 Å². The summed E-state index contributed by atoms with van der Waals surface area (Å²) in [6.07, 6.45) is 8.88. The quantitative estimate of drug-likeness (QED) is 0.737. The summed E-state index contributed by atoms with van der Waals surface area (Å²) in [7, 11) is 0. The van der Waals surface area contributed by atoms with Gasteiger partial charge in [0.15, 0.2) is 0 Å². The van der Waals surface area contributed by atoms with Gasteiger partial charge in [-0.3, -0.25) is 4.79 Å². The molecule has 88 valence electrons. The Morgan fingerprint density at radius 2 is 1.60 bits per heavy atom. The smallest absolute Gasteiger partial charge is 0.248 e. The van der Waals surface area contributed by atoms with Gasteiger partial charge in [-0.1, -0.05) is 38.5 Å². The normalized spacial score (nSPS) is 22.3. The zero-order valence-corrected chi connectivity index (χ0v) is 9.67. The summed E-state index contributed by atoms with van der Waals surface area (Å²) in [5.41, 5.74) is 0. The summed E-state index contributed by atoms with van der Waals surface area (Å²) in [5.74, 6) is -0.223. The molecule has 1 amide bonds. The SMILES string of the molecule is CC(O)C(=O)NC1CCCCCCCC1. The highest BCUT2D eigenvalue weighted by atomic mass is 16.3. The van der Waals surface area contributed by atoms with Gasteiger partial charge >= 0.3 is 0 Å². The van der Waals surface area contributed by atoms with Crippen molar-refractivity contribution in [3.8, 4) is 0 Å². The molecule has 0 aromatic carbocycles. The molecule has 2 N–H and O–H groups in total. The molecule has 1 atom stereocenters. The van der Waals surface area contributed by atoms with Crippen LogP contribution in [0.25, 0.3) is 0 Å². The number of amides is 1. The van der Waals surface area contributed by atoms with Crippen LogP contribution in [0.15, 0.2) is 0 Å². The molecule has 15 heavy (non-hydrogen) atoms. The Morgan fingerprint density at radius 3 is 2.07 bits per heavy atom. The fraction of sp³-hybridized carbons (Fsp3) is 0.917. The van der Waals surface area contributed by atoms with Crippen LogP contribution in [0.3, 0.4) is 0 Å². The van der Waals surface area contributed by atoms with E-state index in [0.29, 0.717) is 0 Å². The summed E-state index contributed by atoms with van der Waals surface area (Å²) in [4.78, 5) is 11.3. The molecule has 1 aliphatic carbocycles. The van der Waals surface area contributed by atoms with Gasteiger partial charge in [0.1, 0.15) is 6.10 Å². The van der Waals surface area contributed by atoms with Crippen LogP contribution in [0.1, 0.15) is 58.3 Å². The first-order chi connectivity index (χ1) is 7.20. The molecule has 0 saturated heterocycles. The standard InChI is InChI=1S/C12H23NO2/c1-10(14)12(15)13-11-8-6-4-2-3-5-7-9-11/h10-11,14H,2-9H2,1H3,(H,13,15). The number of carbonyl (C=O) groups excluding carboxylic acids is 1. The molecule has 0 spiro atoms. The van der Waals surface area contributed by atoms with Gasteiger partial charge in [-0.25, -0.2) is 0 Å². The maximum atomic E-state index is 11.3. The molecular weight excluding hydrogens is 190 g/mol. The molecule has 1 saturated carbocycles. The van der Waals surface area contributed by atoms with Crippen LogP contribution in [0.2, 0.25) is 0 Å². The molecule has 1 unspecified atom stereocenters. The largest absolute Gasteiger partial charge is 0.384 e. The molecule has 0 radical (unpaired) electrons. The van der Waals surface area contributed by atoms with Crippen LogP contribution in [-0.4, -0.2) is 23.2 Å². The summed E-state index contributed by atoms with van der Waals surface area (Å²) in [5, 5.41) is 12.0. The summed E-state index contributed by atoms with van der Waals surface area (Å²) >= 11 is 0. The topological polar surface area (TPSA) is 49.3 Å². The van der Waals surface area contributed by atoms with E-state index in [9.17, 15) is 4.79 Å². The van der Waals surface area contributed by atoms with Gasteiger partial charge in [-0.05, 0) is 19.8 Å². The van der Waals surface area contributed by atoms with Gasteiger partial charge in [0.25, 0.3) is 0 Å². The minimum Gasteiger partial charge on any atom is -0.384 e. The molecule has 0 bridgehead atoms. The Labute approximate surface area is 92.3 Å². The van der Waals surface area contributed by atoms with E-state index in [2.05, 4.69) is 5.32 Å². The molecule has 1 aliphatic rings. The van der Waals surface area contributed by atoms with E-state index >= 15 is 0 Å². The average molecular weight is 213 g/mol. The van der Waals surface area contributed by atoms with Crippen LogP contribution >= 0.6 is 0 Å². The number of hydrogen-bond acceptors (Lipinski definition) is 2. The second-order valence-electron chi connectivity index (χ2n) is 4.58. The maximum Gasteiger partial charge on any atom is 0.248 e. The number of aliphatic hydroxyl groups excluding tert-OH is 1. The van der Waals surface area contributed by atoms with Crippen molar-refractivity contribution in [1.29, 1.82) is 0 Å². The number of carbonyl (C=O) groups is 1. The van der Waals surface area contributed by atoms with Crippen molar-refractivity contribution in [2.75, 3.05) is 0 Å². The van der Waals surface area contributed by atoms with Crippen molar-refractivity contribution in [1.82, 2.24) is 5.32 Å². The summed E-state index contributed by atoms with van der Waals surface area (Å²) in [6, 6.07) is 0.283. The maximum absolute atomic E-state index is 11.3. The highest BCUT2D eigenvalue weighted by Crippen LogP contribution is 2.16. The lowest BCUT2D eigenvalue weighted by Crippen LogP contribution is -2.40. The Kier molecular flexibility index (Phi) is 5.69. The van der Waals surface area contributed by atoms with Gasteiger partial charge in [0.05, 0.1) is 0 Å². The minimum atomic E-state index is -0.877. The van der Waals surface area contributed by atoms with E-state index in [0.717, 1.165) is 12.8 Å². The van der Waals surface area contributed by atoms with Crippen LogP contribution in [0.5, 0.6) is 0 Å². The van der Waals surface area contributed by atoms with Gasteiger partial charge in [-0.2, -0.15) is 0 Å². The second kappa shape index (κ2) is 6.83. The van der Waals surface area contributed by atoms with Crippen molar-refractivity contribution in [3.05, 3.63) is 0 Å². The second-order valence-corrected chi connectivity index (χ2v) is 4.58. The van der Waals surface area contributed by atoms with E-state index in [1.165, 1.54) is 45.4 Å². The molecule has 3 nitrogen and oxygen atoms in total. The highest BCUT2D eigenvalue weighted by Gasteiger charge is 2.15. The zero-order valence-electron chi connectivity index (χ0n) is 9.67. The van der Waals surface area contributed by atoms with Gasteiger partial charge in [0, 0.05) is 6.04 Å². The molecular formula is C12H23NO2. The Hall–Kier alpha value is -0.570. The third-order valence-corrected chi connectivity index (χ3v) is 3.08. The van der Waals surface area contributed by atoms with Gasteiger partial charge in [-0.15, -0.1) is 0 Å². The molecule has 0 heterocycles. The lowest BCUT2D eigenvalue weighted by molar-refractivity contribution is -0.129. The summed E-state index contributed by atoms with van der Waals surface area (Å²) < 4.78 is 0. The molecule has 3 heteroatoms. The first-order valence-electron chi connectivity index (χ1n) is 6.18. The first-order valence-corrected chi connectivity index (χ1v) is 6.18. The fourth-order valence-corrected chi connectivity index (χ4v) is 2.10. The Morgan fingerprint density at radius 1 is 1.13 bits per heavy atom. The van der Waals surface area contributed by atoms with E-state index in [1.807, 2.05) is 0 Å². The van der Waals surface area contributed by atoms with Crippen molar-refractivity contribution in [2.24, 2.45) is 0 Å². The summed E-state index contributed by atoms with van der Waals surface area (Å²) in [6.45, 7) is 1.52. The number of aliphatic hydroxyl groups is 1. The average Bonchev–Trinajstić information content (AvgIpc) is 2.31.